The number of aryl methyl sites for hydroxylation is 2. The van der Waals surface area contributed by atoms with Crippen LogP contribution in [-0.4, -0.2) is 33.2 Å². The van der Waals surface area contributed by atoms with Crippen LogP contribution in [0.15, 0.2) is 54.6 Å². The van der Waals surface area contributed by atoms with Gasteiger partial charge in [0.25, 0.3) is 0 Å². The van der Waals surface area contributed by atoms with E-state index < -0.39 is 16.1 Å². The van der Waals surface area contributed by atoms with Gasteiger partial charge in [-0.1, -0.05) is 55.0 Å². The van der Waals surface area contributed by atoms with E-state index in [2.05, 4.69) is 36.5 Å². The number of hydrogen-bond donors (Lipinski definition) is 1. The predicted octanol–water partition coefficient (Wildman–Crippen LogP) is 3.29. The normalized spacial score (nSPS) is 12.4. The maximum absolute atomic E-state index is 12.7. The first-order valence-electron chi connectivity index (χ1n) is 9.20. The lowest BCUT2D eigenvalue weighted by Crippen LogP contribution is -2.49. The van der Waals surface area contributed by atoms with Crippen LogP contribution in [0.25, 0.3) is 0 Å². The smallest absolute Gasteiger partial charge is 0.243 e. The molecule has 0 spiro atoms. The molecule has 0 saturated heterocycles. The Bertz CT molecular complexity index is 833. The summed E-state index contributed by atoms with van der Waals surface area (Å²) in [5.41, 5.74) is 2.95. The number of hydrogen-bond acceptors (Lipinski definition) is 3. The Labute approximate surface area is 162 Å². The van der Waals surface area contributed by atoms with E-state index in [1.807, 2.05) is 13.0 Å². The Morgan fingerprint density at radius 2 is 1.70 bits per heavy atom. The first kappa shape index (κ1) is 21.0. The average molecular weight is 389 g/mol. The molecule has 0 aromatic heterocycles. The Morgan fingerprint density at radius 1 is 1.07 bits per heavy atom. The lowest BCUT2D eigenvalue weighted by molar-refractivity contribution is -0.122. The van der Waals surface area contributed by atoms with Gasteiger partial charge in [-0.3, -0.25) is 9.10 Å². The number of benzene rings is 2. The zero-order valence-corrected chi connectivity index (χ0v) is 17.0. The lowest BCUT2D eigenvalue weighted by Gasteiger charge is -2.30. The van der Waals surface area contributed by atoms with E-state index in [9.17, 15) is 13.2 Å². The van der Waals surface area contributed by atoms with Crippen molar-refractivity contribution in [2.75, 3.05) is 17.1 Å². The first-order valence-corrected chi connectivity index (χ1v) is 11.1. The molecule has 27 heavy (non-hydrogen) atoms. The highest BCUT2D eigenvalue weighted by Gasteiger charge is 2.31. The molecule has 1 N–H and O–H groups in total. The quantitative estimate of drug-likeness (QED) is 0.671. The standard InChI is InChI=1S/C21H28N2O3S/c1-4-20(23(27(3,25)26)19-10-6-5-7-11-19)21(24)22-16-8-9-18-14-12-17(2)13-15-18/h5-7,10-15,20H,4,8-9,16H2,1-3H3,(H,22,24)/t20-/m0/s1. The van der Waals surface area contributed by atoms with Gasteiger partial charge in [-0.2, -0.15) is 0 Å². The van der Waals surface area contributed by atoms with E-state index in [4.69, 9.17) is 0 Å². The number of anilines is 1. The molecule has 146 valence electrons. The molecule has 0 fully saturated rings. The molecule has 0 aliphatic heterocycles. The third-order valence-corrected chi connectivity index (χ3v) is 5.58. The van der Waals surface area contributed by atoms with Gasteiger partial charge in [-0.25, -0.2) is 8.42 Å². The number of nitrogens with one attached hydrogen (secondary N) is 1. The molecule has 0 aliphatic carbocycles. The Balaban J connectivity index is 1.99. The molecule has 2 aromatic rings. The summed E-state index contributed by atoms with van der Waals surface area (Å²) in [6, 6.07) is 16.3. The molecule has 0 radical (unpaired) electrons. The van der Waals surface area contributed by atoms with Crippen LogP contribution < -0.4 is 9.62 Å². The second-order valence-electron chi connectivity index (χ2n) is 6.70. The van der Waals surface area contributed by atoms with E-state index in [1.54, 1.807) is 24.3 Å². The molecule has 5 nitrogen and oxygen atoms in total. The van der Waals surface area contributed by atoms with Crippen molar-refractivity contribution in [2.45, 2.75) is 39.2 Å². The van der Waals surface area contributed by atoms with Crippen LogP contribution in [0, 0.1) is 6.92 Å². The van der Waals surface area contributed by atoms with Gasteiger partial charge in [0.1, 0.15) is 6.04 Å². The van der Waals surface area contributed by atoms with Gasteiger partial charge in [-0.15, -0.1) is 0 Å². The zero-order valence-electron chi connectivity index (χ0n) is 16.2. The minimum atomic E-state index is -3.58. The fourth-order valence-electron chi connectivity index (χ4n) is 3.01. The summed E-state index contributed by atoms with van der Waals surface area (Å²) >= 11 is 0. The second-order valence-corrected chi connectivity index (χ2v) is 8.56. The van der Waals surface area contributed by atoms with Crippen molar-refractivity contribution < 1.29 is 13.2 Å². The first-order chi connectivity index (χ1) is 12.8. The fourth-order valence-corrected chi connectivity index (χ4v) is 4.22. The molecule has 0 unspecified atom stereocenters. The van der Waals surface area contributed by atoms with E-state index in [1.165, 1.54) is 15.4 Å². The van der Waals surface area contributed by atoms with Crippen LogP contribution in [0.1, 0.15) is 30.9 Å². The molecular weight excluding hydrogens is 360 g/mol. The molecule has 2 aromatic carbocycles. The summed E-state index contributed by atoms with van der Waals surface area (Å²) in [5.74, 6) is -0.268. The zero-order chi connectivity index (χ0) is 19.9. The number of carbonyl (C=O) groups excluding carboxylic acids is 1. The molecule has 6 heteroatoms. The van der Waals surface area contributed by atoms with Crippen molar-refractivity contribution >= 4 is 21.6 Å². The molecule has 0 aliphatic rings. The molecular formula is C21H28N2O3S. The number of carbonyl (C=O) groups is 1. The number of nitrogens with zero attached hydrogens (tertiary/aromatic N) is 1. The van der Waals surface area contributed by atoms with Gasteiger partial charge in [-0.05, 0) is 43.9 Å². The summed E-state index contributed by atoms with van der Waals surface area (Å²) in [5, 5.41) is 2.89. The summed E-state index contributed by atoms with van der Waals surface area (Å²) in [4.78, 5) is 12.7. The van der Waals surface area contributed by atoms with Gasteiger partial charge >= 0.3 is 0 Å². The molecule has 1 atom stereocenters. The van der Waals surface area contributed by atoms with Crippen LogP contribution in [0.5, 0.6) is 0 Å². The minimum Gasteiger partial charge on any atom is -0.354 e. The van der Waals surface area contributed by atoms with Crippen LogP contribution >= 0.6 is 0 Å². The molecule has 0 saturated carbocycles. The fraction of sp³-hybridized carbons (Fsp3) is 0.381. The van der Waals surface area contributed by atoms with Crippen LogP contribution in [0.4, 0.5) is 5.69 Å². The minimum absolute atomic E-state index is 0.268. The highest BCUT2D eigenvalue weighted by Crippen LogP contribution is 2.22. The second kappa shape index (κ2) is 9.55. The third-order valence-electron chi connectivity index (χ3n) is 4.40. The summed E-state index contributed by atoms with van der Waals surface area (Å²) in [7, 11) is -3.58. The van der Waals surface area contributed by atoms with Gasteiger partial charge in [0.2, 0.25) is 15.9 Å². The summed E-state index contributed by atoms with van der Waals surface area (Å²) in [6.45, 7) is 4.38. The molecule has 0 heterocycles. The van der Waals surface area contributed by atoms with Crippen LogP contribution in [0.3, 0.4) is 0 Å². The number of rotatable bonds is 9. The highest BCUT2D eigenvalue weighted by atomic mass is 32.2. The molecule has 1 amide bonds. The lowest BCUT2D eigenvalue weighted by atomic mass is 10.1. The summed E-state index contributed by atoms with van der Waals surface area (Å²) in [6.07, 6.45) is 3.19. The topological polar surface area (TPSA) is 66.5 Å². The van der Waals surface area contributed by atoms with E-state index >= 15 is 0 Å². The maximum atomic E-state index is 12.7. The van der Waals surface area contributed by atoms with Crippen molar-refractivity contribution in [1.29, 1.82) is 0 Å². The van der Waals surface area contributed by atoms with E-state index in [-0.39, 0.29) is 5.91 Å². The number of sulfonamides is 1. The maximum Gasteiger partial charge on any atom is 0.243 e. The number of para-hydroxylation sites is 1. The molecule has 0 bridgehead atoms. The summed E-state index contributed by atoms with van der Waals surface area (Å²) < 4.78 is 25.9. The van der Waals surface area contributed by atoms with Crippen LogP contribution in [0.2, 0.25) is 0 Å². The van der Waals surface area contributed by atoms with Gasteiger partial charge in [0.15, 0.2) is 0 Å². The van der Waals surface area contributed by atoms with Crippen molar-refractivity contribution in [3.63, 3.8) is 0 Å². The van der Waals surface area contributed by atoms with Gasteiger partial charge in [0.05, 0.1) is 11.9 Å². The number of amides is 1. The van der Waals surface area contributed by atoms with E-state index in [0.29, 0.717) is 18.7 Å². The van der Waals surface area contributed by atoms with Crippen molar-refractivity contribution in [3.8, 4) is 0 Å². The monoisotopic (exact) mass is 388 g/mol. The van der Waals surface area contributed by atoms with Crippen molar-refractivity contribution in [1.82, 2.24) is 5.32 Å². The average Bonchev–Trinajstić information content (AvgIpc) is 2.64. The van der Waals surface area contributed by atoms with Gasteiger partial charge < -0.3 is 5.32 Å². The van der Waals surface area contributed by atoms with Crippen LogP contribution in [-0.2, 0) is 21.2 Å². The highest BCUT2D eigenvalue weighted by molar-refractivity contribution is 7.92. The Hall–Kier alpha value is -2.34. The predicted molar refractivity (Wildman–Crippen MR) is 110 cm³/mol. The van der Waals surface area contributed by atoms with Crippen molar-refractivity contribution in [3.05, 3.63) is 65.7 Å². The van der Waals surface area contributed by atoms with E-state index in [0.717, 1.165) is 19.1 Å². The van der Waals surface area contributed by atoms with Gasteiger partial charge in [0, 0.05) is 6.54 Å². The Kier molecular flexibility index (Phi) is 7.42. The van der Waals surface area contributed by atoms with Crippen molar-refractivity contribution in [2.24, 2.45) is 0 Å². The third kappa shape index (κ3) is 6.10. The SMILES string of the molecule is CC[C@@H](C(=O)NCCCc1ccc(C)cc1)N(c1ccccc1)S(C)(=O)=O. The molecule has 2 rings (SSSR count). The Morgan fingerprint density at radius 3 is 2.26 bits per heavy atom. The largest absolute Gasteiger partial charge is 0.354 e.